The Labute approximate surface area is 390 Å². The van der Waals surface area contributed by atoms with Crippen LogP contribution in [0.2, 0.25) is 0 Å². The van der Waals surface area contributed by atoms with E-state index in [1.165, 1.54) is 141 Å². The highest BCUT2D eigenvalue weighted by Crippen LogP contribution is 2.21. The Morgan fingerprint density at radius 1 is 0.508 bits per heavy atom. The minimum Gasteiger partial charge on any atom is -0.462 e. The highest BCUT2D eigenvalue weighted by atomic mass is 16.5. The predicted octanol–water partition coefficient (Wildman–Crippen LogP) is 16.2. The summed E-state index contributed by atoms with van der Waals surface area (Å²) < 4.78 is 14.3. The van der Waals surface area contributed by atoms with Crippen molar-refractivity contribution in [3.8, 4) is 0 Å². The summed E-state index contributed by atoms with van der Waals surface area (Å²) in [5.74, 6) is -0.0403. The van der Waals surface area contributed by atoms with Crippen LogP contribution in [0.4, 0.5) is 0 Å². The van der Waals surface area contributed by atoms with Crippen LogP contribution in [0, 0.1) is 0 Å². The molecule has 0 bridgehead atoms. The van der Waals surface area contributed by atoms with Crippen molar-refractivity contribution >= 4 is 11.9 Å². The number of esters is 2. The number of rotatable bonds is 48. The first-order valence-electron chi connectivity index (χ1n) is 27.6. The Morgan fingerprint density at radius 3 is 1.25 bits per heavy atom. The molecule has 0 aliphatic heterocycles. The molecule has 1 aromatic heterocycles. The number of hydrogen-bond acceptors (Lipinski definition) is 7. The molecule has 0 aromatic carbocycles. The molecule has 1 rings (SSSR count). The predicted molar refractivity (Wildman–Crippen MR) is 267 cm³/mol. The van der Waals surface area contributed by atoms with Gasteiger partial charge in [-0.1, -0.05) is 188 Å². The Balaban J connectivity index is 2.43. The van der Waals surface area contributed by atoms with Crippen molar-refractivity contribution in [2.24, 2.45) is 0 Å². The maximum absolute atomic E-state index is 12.9. The third-order valence-electron chi connectivity index (χ3n) is 13.3. The molecule has 0 aliphatic rings. The summed E-state index contributed by atoms with van der Waals surface area (Å²) in [6, 6.07) is 0. The molecule has 2 unspecified atom stereocenters. The number of ether oxygens (including phenoxy) is 2. The van der Waals surface area contributed by atoms with Crippen LogP contribution in [-0.4, -0.2) is 62.9 Å². The lowest BCUT2D eigenvalue weighted by molar-refractivity contribution is -0.151. The highest BCUT2D eigenvalue weighted by Gasteiger charge is 2.20. The number of aliphatic hydroxyl groups is 1. The van der Waals surface area contributed by atoms with Gasteiger partial charge in [0.1, 0.15) is 12.2 Å². The first-order valence-corrected chi connectivity index (χ1v) is 27.6. The summed E-state index contributed by atoms with van der Waals surface area (Å²) in [5.41, 5.74) is 0. The van der Waals surface area contributed by atoms with Gasteiger partial charge in [0.25, 0.3) is 0 Å². The largest absolute Gasteiger partial charge is 0.462 e. The number of imidazole rings is 1. The van der Waals surface area contributed by atoms with E-state index in [1.54, 1.807) is 0 Å². The molecule has 0 saturated heterocycles. The SMILES string of the molecule is CCCCCCCCC(CCCCCCCC)OC(=O)CCCCCCCN(CC(O)CCCCCC(=O)OC(CCCCCCCC)CCCCCCCC)C(C)n1ccnc1. The third-order valence-corrected chi connectivity index (χ3v) is 13.3. The molecule has 1 heterocycles. The van der Waals surface area contributed by atoms with Crippen LogP contribution in [-0.2, 0) is 19.1 Å². The summed E-state index contributed by atoms with van der Waals surface area (Å²) in [6.07, 6.45) is 49.6. The van der Waals surface area contributed by atoms with Gasteiger partial charge >= 0.3 is 11.9 Å². The van der Waals surface area contributed by atoms with Crippen molar-refractivity contribution < 1.29 is 24.2 Å². The summed E-state index contributed by atoms with van der Waals surface area (Å²) >= 11 is 0. The number of carbonyl (C=O) groups excluding carboxylic acids is 2. The normalized spacial score (nSPS) is 12.8. The van der Waals surface area contributed by atoms with E-state index >= 15 is 0 Å². The van der Waals surface area contributed by atoms with E-state index < -0.39 is 6.10 Å². The highest BCUT2D eigenvalue weighted by molar-refractivity contribution is 5.69. The van der Waals surface area contributed by atoms with Gasteiger partial charge in [-0.15, -0.1) is 0 Å². The van der Waals surface area contributed by atoms with Crippen LogP contribution in [0.5, 0.6) is 0 Å². The summed E-state index contributed by atoms with van der Waals surface area (Å²) in [5, 5.41) is 11.2. The van der Waals surface area contributed by atoms with E-state index in [0.717, 1.165) is 103 Å². The molecule has 63 heavy (non-hydrogen) atoms. The van der Waals surface area contributed by atoms with Crippen molar-refractivity contribution in [3.63, 3.8) is 0 Å². The molecule has 2 atom stereocenters. The zero-order valence-corrected chi connectivity index (χ0v) is 42.5. The summed E-state index contributed by atoms with van der Waals surface area (Å²) in [4.78, 5) is 32.5. The number of hydrogen-bond donors (Lipinski definition) is 1. The zero-order chi connectivity index (χ0) is 45.9. The van der Waals surface area contributed by atoms with Gasteiger partial charge in [-0.05, 0) is 84.0 Å². The molecule has 0 amide bonds. The molecule has 8 heteroatoms. The first kappa shape index (κ1) is 59.1. The Morgan fingerprint density at radius 2 is 0.857 bits per heavy atom. The smallest absolute Gasteiger partial charge is 0.306 e. The van der Waals surface area contributed by atoms with Crippen LogP contribution in [0.3, 0.4) is 0 Å². The van der Waals surface area contributed by atoms with Gasteiger partial charge in [0.15, 0.2) is 0 Å². The van der Waals surface area contributed by atoms with E-state index in [-0.39, 0.29) is 30.3 Å². The molecule has 370 valence electrons. The fraction of sp³-hybridized carbons (Fsp3) is 0.909. The van der Waals surface area contributed by atoms with Gasteiger partial charge in [-0.2, -0.15) is 0 Å². The fourth-order valence-corrected chi connectivity index (χ4v) is 9.04. The van der Waals surface area contributed by atoms with Crippen molar-refractivity contribution in [1.82, 2.24) is 14.5 Å². The standard InChI is InChI=1S/C55H105N3O5/c1-6-10-14-18-23-31-39-52(40-32-24-19-15-11-7-2)62-54(60)43-35-27-22-28-37-46-57(50(5)58-47-45-56-49-58)48-51(59)38-30-29-36-44-55(61)63-53(41-33-25-20-16-12-8-3)42-34-26-21-17-13-9-4/h45,47,49-53,59H,6-44,46,48H2,1-5H3. The van der Waals surface area contributed by atoms with Crippen LogP contribution in [0.15, 0.2) is 18.7 Å². The van der Waals surface area contributed by atoms with E-state index in [0.29, 0.717) is 19.4 Å². The number of carbonyl (C=O) groups is 2. The second-order valence-corrected chi connectivity index (χ2v) is 19.4. The minimum absolute atomic E-state index is 0.00235. The number of nitrogens with zero attached hydrogens (tertiary/aromatic N) is 3. The van der Waals surface area contributed by atoms with Gasteiger partial charge in [-0.3, -0.25) is 14.5 Å². The lowest BCUT2D eigenvalue weighted by Crippen LogP contribution is -2.37. The minimum atomic E-state index is -0.418. The van der Waals surface area contributed by atoms with E-state index in [9.17, 15) is 14.7 Å². The van der Waals surface area contributed by atoms with Crippen LogP contribution in [0.1, 0.15) is 291 Å². The van der Waals surface area contributed by atoms with Gasteiger partial charge in [0, 0.05) is 38.3 Å². The summed E-state index contributed by atoms with van der Waals surface area (Å²) in [6.45, 7) is 12.7. The van der Waals surface area contributed by atoms with E-state index in [4.69, 9.17) is 9.47 Å². The molecule has 1 aromatic rings. The lowest BCUT2D eigenvalue weighted by atomic mass is 10.0. The van der Waals surface area contributed by atoms with E-state index in [2.05, 4.69) is 49.1 Å². The van der Waals surface area contributed by atoms with E-state index in [1.807, 2.05) is 18.7 Å². The van der Waals surface area contributed by atoms with Gasteiger partial charge in [-0.25, -0.2) is 4.98 Å². The number of unbranched alkanes of at least 4 members (excludes halogenated alkanes) is 26. The number of aromatic nitrogens is 2. The molecule has 0 saturated carbocycles. The van der Waals surface area contributed by atoms with Crippen molar-refractivity contribution in [3.05, 3.63) is 18.7 Å². The van der Waals surface area contributed by atoms with Gasteiger partial charge in [0.05, 0.1) is 18.6 Å². The molecular formula is C55H105N3O5. The Hall–Kier alpha value is -1.93. The second kappa shape index (κ2) is 43.9. The van der Waals surface area contributed by atoms with Crippen LogP contribution in [0.25, 0.3) is 0 Å². The third kappa shape index (κ3) is 35.9. The molecule has 0 spiro atoms. The van der Waals surface area contributed by atoms with Gasteiger partial charge < -0.3 is 19.1 Å². The van der Waals surface area contributed by atoms with Crippen LogP contribution >= 0.6 is 0 Å². The average Bonchev–Trinajstić information content (AvgIpc) is 3.82. The van der Waals surface area contributed by atoms with Crippen molar-refractivity contribution in [1.29, 1.82) is 0 Å². The topological polar surface area (TPSA) is 93.9 Å². The van der Waals surface area contributed by atoms with Crippen molar-refractivity contribution in [2.45, 2.75) is 310 Å². The van der Waals surface area contributed by atoms with Crippen molar-refractivity contribution in [2.75, 3.05) is 13.1 Å². The maximum atomic E-state index is 12.9. The monoisotopic (exact) mass is 888 g/mol. The maximum Gasteiger partial charge on any atom is 0.306 e. The second-order valence-electron chi connectivity index (χ2n) is 19.4. The Bertz CT molecular complexity index is 1080. The molecule has 0 radical (unpaired) electrons. The fourth-order valence-electron chi connectivity index (χ4n) is 9.04. The first-order chi connectivity index (χ1) is 30.8. The summed E-state index contributed by atoms with van der Waals surface area (Å²) in [7, 11) is 0. The quantitative estimate of drug-likeness (QED) is 0.0514. The Kier molecular flexibility index (Phi) is 41.2. The molecular weight excluding hydrogens is 783 g/mol. The van der Waals surface area contributed by atoms with Crippen LogP contribution < -0.4 is 0 Å². The molecule has 0 aliphatic carbocycles. The zero-order valence-electron chi connectivity index (χ0n) is 42.5. The lowest BCUT2D eigenvalue weighted by Gasteiger charge is -2.31. The molecule has 0 fully saturated rings. The number of aliphatic hydroxyl groups excluding tert-OH is 1. The van der Waals surface area contributed by atoms with Gasteiger partial charge in [0.2, 0.25) is 0 Å². The average molecular weight is 888 g/mol. The molecule has 1 N–H and O–H groups in total. The molecule has 8 nitrogen and oxygen atoms in total.